The molecule has 1 aliphatic heterocycles. The van der Waals surface area contributed by atoms with Crippen LogP contribution in [-0.4, -0.2) is 59.1 Å². The van der Waals surface area contributed by atoms with Crippen LogP contribution in [0.3, 0.4) is 0 Å². The van der Waals surface area contributed by atoms with Gasteiger partial charge >= 0.3 is 11.9 Å². The van der Waals surface area contributed by atoms with Crippen LogP contribution in [0.15, 0.2) is 42.5 Å². The number of aromatic carboxylic acids is 1. The molecule has 0 radical (unpaired) electrons. The average Bonchev–Trinajstić information content (AvgIpc) is 3.48. The van der Waals surface area contributed by atoms with Gasteiger partial charge in [-0.05, 0) is 157 Å². The molecule has 4 saturated carbocycles. The first-order chi connectivity index (χ1) is 24.5. The molecule has 1 heterocycles. The number of fused-ring (bicyclic) bond motifs is 7. The number of nitrogens with one attached hydrogen (secondary N) is 1. The number of allylic oxidation sites excluding steroid dienone is 3. The number of carboxylic acid groups (broad SMARTS) is 2. The summed E-state index contributed by atoms with van der Waals surface area (Å²) in [7, 11) is 0. The van der Waals surface area contributed by atoms with Crippen LogP contribution in [0.1, 0.15) is 128 Å². The van der Waals surface area contributed by atoms with Crippen molar-refractivity contribution in [3.63, 3.8) is 0 Å². The highest BCUT2D eigenvalue weighted by Crippen LogP contribution is 2.77. The maximum atomic E-state index is 13.3. The zero-order valence-electron chi connectivity index (χ0n) is 32.7. The number of hydrogen-bond donors (Lipinski definition) is 3. The van der Waals surface area contributed by atoms with Gasteiger partial charge in [-0.3, -0.25) is 9.59 Å². The molecule has 7 nitrogen and oxygen atoms in total. The van der Waals surface area contributed by atoms with Gasteiger partial charge in [0.05, 0.1) is 18.0 Å². The van der Waals surface area contributed by atoms with Crippen molar-refractivity contribution in [2.24, 2.45) is 62.6 Å². The summed E-state index contributed by atoms with van der Waals surface area (Å²) >= 11 is 0. The van der Waals surface area contributed by atoms with Gasteiger partial charge in [0.2, 0.25) is 5.91 Å². The van der Waals surface area contributed by atoms with E-state index in [4.69, 9.17) is 0 Å². The molecule has 52 heavy (non-hydrogen) atoms. The third-order valence-corrected chi connectivity index (χ3v) is 17.2. The standard InChI is InChI=1S/C45H64N2O5/c1-28(2)32-14-21-45(27-46-26-37(48)47-24-17-31(18-25-47)40(51)52)23-22-43(6)34(38(32)45)12-13-36-42(5)19-15-33(29-8-10-30(11-9-29)39(49)50)41(3,4)35(42)16-20-44(36,43)7/h8-11,15,31-32,34-36,38,46H,1,12-14,16-27H2,2-7H3,(H,49,50)(H,51,52). The molecule has 6 aliphatic rings. The van der Waals surface area contributed by atoms with Gasteiger partial charge in [0.1, 0.15) is 0 Å². The lowest BCUT2D eigenvalue weighted by atomic mass is 9.32. The van der Waals surface area contributed by atoms with Crippen molar-refractivity contribution in [1.29, 1.82) is 0 Å². The topological polar surface area (TPSA) is 107 Å². The van der Waals surface area contributed by atoms with E-state index in [2.05, 4.69) is 59.5 Å². The van der Waals surface area contributed by atoms with Crippen molar-refractivity contribution in [3.05, 3.63) is 53.6 Å². The van der Waals surface area contributed by atoms with Crippen molar-refractivity contribution in [1.82, 2.24) is 10.2 Å². The summed E-state index contributed by atoms with van der Waals surface area (Å²) in [5, 5.41) is 22.6. The molecule has 5 aliphatic carbocycles. The smallest absolute Gasteiger partial charge is 0.335 e. The largest absolute Gasteiger partial charge is 0.481 e. The second-order valence-electron chi connectivity index (χ2n) is 19.6. The highest BCUT2D eigenvalue weighted by molar-refractivity contribution is 5.88. The maximum Gasteiger partial charge on any atom is 0.335 e. The van der Waals surface area contributed by atoms with Crippen molar-refractivity contribution in [2.75, 3.05) is 26.2 Å². The molecule has 0 aromatic heterocycles. The number of piperidine rings is 1. The minimum absolute atomic E-state index is 0.00961. The summed E-state index contributed by atoms with van der Waals surface area (Å²) in [4.78, 5) is 38.1. The van der Waals surface area contributed by atoms with Gasteiger partial charge in [-0.1, -0.05) is 65.0 Å². The number of benzene rings is 1. The molecule has 1 aromatic rings. The van der Waals surface area contributed by atoms with Gasteiger partial charge in [0.25, 0.3) is 0 Å². The molecule has 5 fully saturated rings. The summed E-state index contributed by atoms with van der Waals surface area (Å²) < 4.78 is 0. The van der Waals surface area contributed by atoms with Crippen molar-refractivity contribution in [3.8, 4) is 0 Å². The van der Waals surface area contributed by atoms with Crippen LogP contribution >= 0.6 is 0 Å². The first kappa shape index (κ1) is 37.4. The number of likely N-dealkylation sites (tertiary alicyclic amines) is 1. The van der Waals surface area contributed by atoms with Gasteiger partial charge in [0, 0.05) is 19.6 Å². The van der Waals surface area contributed by atoms with Crippen LogP contribution < -0.4 is 5.32 Å². The van der Waals surface area contributed by atoms with E-state index >= 15 is 0 Å². The first-order valence-corrected chi connectivity index (χ1v) is 20.4. The molecule has 284 valence electrons. The van der Waals surface area contributed by atoms with Crippen LogP contribution in [0.2, 0.25) is 0 Å². The Morgan fingerprint density at radius 1 is 0.846 bits per heavy atom. The Hall–Kier alpha value is -2.93. The summed E-state index contributed by atoms with van der Waals surface area (Å²) in [6, 6.07) is 7.54. The zero-order chi connectivity index (χ0) is 37.4. The normalized spacial score (nSPS) is 39.7. The molecule has 0 bridgehead atoms. The van der Waals surface area contributed by atoms with Crippen LogP contribution in [0.25, 0.3) is 5.57 Å². The quantitative estimate of drug-likeness (QED) is 0.233. The number of rotatable bonds is 8. The average molecular weight is 713 g/mol. The fourth-order valence-corrected chi connectivity index (χ4v) is 14.4. The van der Waals surface area contributed by atoms with E-state index in [0.717, 1.165) is 18.5 Å². The number of amides is 1. The maximum absolute atomic E-state index is 13.3. The van der Waals surface area contributed by atoms with E-state index in [9.17, 15) is 24.6 Å². The van der Waals surface area contributed by atoms with Crippen LogP contribution in [-0.2, 0) is 9.59 Å². The fraction of sp³-hybridized carbons (Fsp3) is 0.711. The zero-order valence-corrected chi connectivity index (χ0v) is 32.7. The van der Waals surface area contributed by atoms with E-state index < -0.39 is 11.9 Å². The Morgan fingerprint density at radius 2 is 1.54 bits per heavy atom. The Kier molecular flexibility index (Phi) is 9.44. The lowest BCUT2D eigenvalue weighted by molar-refractivity contribution is -0.225. The van der Waals surface area contributed by atoms with Crippen molar-refractivity contribution in [2.45, 2.75) is 112 Å². The molecule has 7 rings (SSSR count). The minimum Gasteiger partial charge on any atom is -0.481 e. The molecule has 7 heteroatoms. The van der Waals surface area contributed by atoms with E-state index in [1.54, 1.807) is 12.1 Å². The van der Waals surface area contributed by atoms with E-state index in [1.165, 1.54) is 62.5 Å². The Bertz CT molecular complexity index is 1640. The Balaban J connectivity index is 1.11. The van der Waals surface area contributed by atoms with E-state index in [-0.39, 0.29) is 38.9 Å². The van der Waals surface area contributed by atoms with Crippen molar-refractivity contribution >= 4 is 23.4 Å². The number of carboxylic acids is 2. The van der Waals surface area contributed by atoms with Gasteiger partial charge < -0.3 is 20.4 Å². The number of carbonyl (C=O) groups excluding carboxylic acids is 1. The SMILES string of the molecule is C=C(C)C1CCC2(CNCC(=O)N3CCC(C(=O)O)CC3)CCC3(C)C(CCC4C5(C)CC=C(c6ccc(C(=O)O)cc6)C(C)(C)C5CCC43C)C12. The monoisotopic (exact) mass is 712 g/mol. The molecule has 0 spiro atoms. The number of carbonyl (C=O) groups is 3. The van der Waals surface area contributed by atoms with Crippen LogP contribution in [0.4, 0.5) is 0 Å². The lowest BCUT2D eigenvalue weighted by Gasteiger charge is -2.72. The molecular weight excluding hydrogens is 649 g/mol. The molecule has 1 aromatic carbocycles. The van der Waals surface area contributed by atoms with Crippen LogP contribution in [0, 0.1) is 62.6 Å². The van der Waals surface area contributed by atoms with Crippen LogP contribution in [0.5, 0.6) is 0 Å². The van der Waals surface area contributed by atoms with E-state index in [0.29, 0.717) is 67.6 Å². The first-order valence-electron chi connectivity index (χ1n) is 20.4. The summed E-state index contributed by atoms with van der Waals surface area (Å²) in [6.45, 7) is 22.0. The second-order valence-corrected chi connectivity index (χ2v) is 19.6. The number of nitrogens with zero attached hydrogens (tertiary/aromatic N) is 1. The molecule has 9 atom stereocenters. The Morgan fingerprint density at radius 3 is 2.17 bits per heavy atom. The molecular formula is C45H64N2O5. The van der Waals surface area contributed by atoms with Crippen molar-refractivity contribution < 1.29 is 24.6 Å². The van der Waals surface area contributed by atoms with Gasteiger partial charge in [-0.25, -0.2) is 4.79 Å². The summed E-state index contributed by atoms with van der Waals surface area (Å²) in [5.74, 6) is 1.09. The molecule has 9 unspecified atom stereocenters. The summed E-state index contributed by atoms with van der Waals surface area (Å²) in [6.07, 6.45) is 14.5. The van der Waals surface area contributed by atoms with Gasteiger partial charge in [-0.2, -0.15) is 0 Å². The molecule has 1 amide bonds. The Labute approximate surface area is 312 Å². The molecule has 1 saturated heterocycles. The highest BCUT2D eigenvalue weighted by atomic mass is 16.4. The van der Waals surface area contributed by atoms with E-state index in [1.807, 2.05) is 17.0 Å². The second kappa shape index (κ2) is 13.1. The highest BCUT2D eigenvalue weighted by Gasteiger charge is 2.70. The predicted octanol–water partition coefficient (Wildman–Crippen LogP) is 8.95. The van der Waals surface area contributed by atoms with Gasteiger partial charge in [-0.15, -0.1) is 0 Å². The third kappa shape index (κ3) is 5.64. The third-order valence-electron chi connectivity index (χ3n) is 17.2. The molecule has 3 N–H and O–H groups in total. The summed E-state index contributed by atoms with van der Waals surface area (Å²) in [5.41, 5.74) is 5.06. The number of hydrogen-bond acceptors (Lipinski definition) is 4. The minimum atomic E-state index is -0.878. The lowest BCUT2D eigenvalue weighted by Crippen LogP contribution is -2.66. The van der Waals surface area contributed by atoms with Gasteiger partial charge in [0.15, 0.2) is 0 Å². The predicted molar refractivity (Wildman–Crippen MR) is 206 cm³/mol. The number of aliphatic carboxylic acids is 1. The fourth-order valence-electron chi connectivity index (χ4n) is 14.4.